The number of nitrogens with one attached hydrogen (secondary N) is 1. The molecule has 11 heteroatoms. The summed E-state index contributed by atoms with van der Waals surface area (Å²) in [7, 11) is 0. The first-order chi connectivity index (χ1) is 15.2. The van der Waals surface area contributed by atoms with Gasteiger partial charge in [0.25, 0.3) is 0 Å². The second-order valence-electron chi connectivity index (χ2n) is 6.75. The molecule has 1 saturated heterocycles. The number of aromatic nitrogens is 2. The molecule has 0 amide bonds. The number of nitrogens with zero attached hydrogens (tertiary/aromatic N) is 4. The molecule has 1 fully saturated rings. The molecule has 0 unspecified atom stereocenters. The Labute approximate surface area is 183 Å². The molecule has 3 heterocycles. The number of halogens is 3. The highest BCUT2D eigenvalue weighted by Crippen LogP contribution is 2.34. The van der Waals surface area contributed by atoms with Crippen LogP contribution in [-0.4, -0.2) is 59.5 Å². The molecule has 1 atom stereocenters. The molecule has 3 rings (SSSR count). The van der Waals surface area contributed by atoms with Crippen molar-refractivity contribution in [2.24, 2.45) is 0 Å². The van der Waals surface area contributed by atoms with Crippen molar-refractivity contribution in [3.8, 4) is 23.1 Å². The maximum absolute atomic E-state index is 10.6. The monoisotopic (exact) mass is 451 g/mol. The lowest BCUT2D eigenvalue weighted by Crippen LogP contribution is -2.51. The predicted octanol–water partition coefficient (Wildman–Crippen LogP) is 3.24. The van der Waals surface area contributed by atoms with Crippen LogP contribution in [0, 0.1) is 11.3 Å². The number of ether oxygens (including phenoxy) is 1. The molecule has 1 aliphatic rings. The van der Waals surface area contributed by atoms with Gasteiger partial charge < -0.3 is 20.1 Å². The number of carboxylic acid groups (broad SMARTS) is 1. The summed E-state index contributed by atoms with van der Waals surface area (Å²) in [5.41, 5.74) is 2.80. The van der Waals surface area contributed by atoms with Crippen molar-refractivity contribution >= 4 is 11.7 Å². The van der Waals surface area contributed by atoms with E-state index in [0.29, 0.717) is 29.8 Å². The highest BCUT2D eigenvalue weighted by molar-refractivity contribution is 5.73. The Morgan fingerprint density at radius 3 is 2.69 bits per heavy atom. The molecular formula is C21H24F3N5O3. The number of aliphatic carboxylic acids is 1. The maximum atomic E-state index is 10.6. The smallest absolute Gasteiger partial charge is 0.490 e. The first kappa shape index (κ1) is 24.9. The van der Waals surface area contributed by atoms with Gasteiger partial charge in [0.2, 0.25) is 0 Å². The molecule has 0 spiro atoms. The molecule has 2 N–H and O–H groups in total. The predicted molar refractivity (Wildman–Crippen MR) is 111 cm³/mol. The Hall–Kier alpha value is -3.39. The summed E-state index contributed by atoms with van der Waals surface area (Å²) in [6.45, 7) is 7.32. The number of piperazine rings is 1. The van der Waals surface area contributed by atoms with E-state index in [4.69, 9.17) is 14.6 Å². The SMILES string of the molecule is CCOc1cc(N2CCNC[C@H]2CC)c(C#N)nc1-c1cccnc1.O=C(O)C(F)(F)F. The van der Waals surface area contributed by atoms with E-state index in [0.717, 1.165) is 37.3 Å². The van der Waals surface area contributed by atoms with Crippen molar-refractivity contribution in [3.05, 3.63) is 36.3 Å². The summed E-state index contributed by atoms with van der Waals surface area (Å²) >= 11 is 0. The van der Waals surface area contributed by atoms with E-state index in [1.54, 1.807) is 12.4 Å². The molecule has 0 bridgehead atoms. The standard InChI is InChI=1S/C19H23N5O.C2HF3O2/c1-3-15-13-22-8-9-24(15)17-10-18(25-4-2)19(23-16(17)11-20)14-6-5-7-21-12-14;3-2(4,5)1(6)7/h5-7,10,12,15,22H,3-4,8-9,13H2,1-2H3;(H,6,7)/t15-;/m1./s1. The van der Waals surface area contributed by atoms with Crippen LogP contribution in [0.2, 0.25) is 0 Å². The number of nitriles is 1. The Kier molecular flexibility index (Phi) is 8.78. The highest BCUT2D eigenvalue weighted by Gasteiger charge is 2.38. The Morgan fingerprint density at radius 2 is 2.16 bits per heavy atom. The molecule has 172 valence electrons. The summed E-state index contributed by atoms with van der Waals surface area (Å²) in [5.74, 6) is -2.06. The minimum Gasteiger partial charge on any atom is -0.492 e. The summed E-state index contributed by atoms with van der Waals surface area (Å²) < 4.78 is 37.6. The van der Waals surface area contributed by atoms with Gasteiger partial charge in [-0.25, -0.2) is 9.78 Å². The van der Waals surface area contributed by atoms with Gasteiger partial charge in [-0.1, -0.05) is 6.92 Å². The topological polar surface area (TPSA) is 111 Å². The lowest BCUT2D eigenvalue weighted by Gasteiger charge is -2.38. The third-order valence-electron chi connectivity index (χ3n) is 4.68. The van der Waals surface area contributed by atoms with E-state index in [1.165, 1.54) is 0 Å². The molecule has 2 aromatic heterocycles. The maximum Gasteiger partial charge on any atom is 0.490 e. The first-order valence-electron chi connectivity index (χ1n) is 9.98. The van der Waals surface area contributed by atoms with E-state index in [-0.39, 0.29) is 0 Å². The van der Waals surface area contributed by atoms with E-state index >= 15 is 0 Å². The fourth-order valence-corrected chi connectivity index (χ4v) is 3.20. The van der Waals surface area contributed by atoms with Crippen molar-refractivity contribution < 1.29 is 27.8 Å². The third kappa shape index (κ3) is 6.31. The number of hydrogen-bond donors (Lipinski definition) is 2. The molecule has 32 heavy (non-hydrogen) atoms. The zero-order valence-corrected chi connectivity index (χ0v) is 17.7. The summed E-state index contributed by atoms with van der Waals surface area (Å²) in [6, 6.07) is 8.37. The van der Waals surface area contributed by atoms with Crippen molar-refractivity contribution in [3.63, 3.8) is 0 Å². The lowest BCUT2D eigenvalue weighted by atomic mass is 10.1. The molecule has 0 radical (unpaired) electrons. The van der Waals surface area contributed by atoms with Gasteiger partial charge in [0.15, 0.2) is 5.69 Å². The number of carboxylic acids is 1. The normalized spacial score (nSPS) is 15.9. The number of carbonyl (C=O) groups is 1. The second-order valence-corrected chi connectivity index (χ2v) is 6.75. The van der Waals surface area contributed by atoms with Gasteiger partial charge in [0.1, 0.15) is 17.5 Å². The highest BCUT2D eigenvalue weighted by atomic mass is 19.4. The van der Waals surface area contributed by atoms with E-state index in [2.05, 4.69) is 33.2 Å². The molecule has 0 saturated carbocycles. The average molecular weight is 451 g/mol. The number of pyridine rings is 2. The van der Waals surface area contributed by atoms with Crippen LogP contribution < -0.4 is 15.0 Å². The van der Waals surface area contributed by atoms with Crippen LogP contribution in [0.25, 0.3) is 11.3 Å². The molecule has 2 aromatic rings. The Balaban J connectivity index is 0.000000451. The zero-order valence-electron chi connectivity index (χ0n) is 17.7. The van der Waals surface area contributed by atoms with Gasteiger partial charge in [-0.3, -0.25) is 4.98 Å². The molecule has 1 aliphatic heterocycles. The van der Waals surface area contributed by atoms with Gasteiger partial charge in [-0.15, -0.1) is 0 Å². The Bertz CT molecular complexity index is 948. The number of alkyl halides is 3. The summed E-state index contributed by atoms with van der Waals surface area (Å²) in [5, 5.41) is 20.2. The quantitative estimate of drug-likeness (QED) is 0.713. The lowest BCUT2D eigenvalue weighted by molar-refractivity contribution is -0.192. The first-order valence-corrected chi connectivity index (χ1v) is 9.98. The fraction of sp³-hybridized carbons (Fsp3) is 0.429. The van der Waals surface area contributed by atoms with Crippen molar-refractivity contribution in [1.29, 1.82) is 5.26 Å². The van der Waals surface area contributed by atoms with Crippen molar-refractivity contribution in [2.75, 3.05) is 31.1 Å². The average Bonchev–Trinajstić information content (AvgIpc) is 2.79. The van der Waals surface area contributed by atoms with Crippen LogP contribution in [0.3, 0.4) is 0 Å². The van der Waals surface area contributed by atoms with Crippen molar-refractivity contribution in [1.82, 2.24) is 15.3 Å². The van der Waals surface area contributed by atoms with Crippen LogP contribution in [0.4, 0.5) is 18.9 Å². The molecule has 0 aliphatic carbocycles. The van der Waals surface area contributed by atoms with Gasteiger partial charge >= 0.3 is 12.1 Å². The second kappa shape index (κ2) is 11.3. The minimum absolute atomic E-state index is 0.348. The van der Waals surface area contributed by atoms with E-state index in [9.17, 15) is 18.4 Å². The van der Waals surface area contributed by atoms with Gasteiger partial charge in [0, 0.05) is 49.7 Å². The van der Waals surface area contributed by atoms with Crippen LogP contribution in [-0.2, 0) is 4.79 Å². The zero-order chi connectivity index (χ0) is 23.7. The van der Waals surface area contributed by atoms with Crippen molar-refractivity contribution in [2.45, 2.75) is 32.5 Å². The molecular weight excluding hydrogens is 427 g/mol. The van der Waals surface area contributed by atoms with Crippen LogP contribution in [0.15, 0.2) is 30.6 Å². The van der Waals surface area contributed by atoms with E-state index in [1.807, 2.05) is 25.1 Å². The number of hydrogen-bond acceptors (Lipinski definition) is 7. The molecule has 0 aromatic carbocycles. The summed E-state index contributed by atoms with van der Waals surface area (Å²) in [4.78, 5) is 20.0. The fourth-order valence-electron chi connectivity index (χ4n) is 3.20. The van der Waals surface area contributed by atoms with Gasteiger partial charge in [0.05, 0.1) is 12.3 Å². The summed E-state index contributed by atoms with van der Waals surface area (Å²) in [6.07, 6.45) is -0.618. The van der Waals surface area contributed by atoms with Gasteiger partial charge in [-0.05, 0) is 25.5 Å². The van der Waals surface area contributed by atoms with Crippen LogP contribution in [0.1, 0.15) is 26.0 Å². The minimum atomic E-state index is -5.08. The number of anilines is 1. The third-order valence-corrected chi connectivity index (χ3v) is 4.68. The van der Waals surface area contributed by atoms with Gasteiger partial charge in [-0.2, -0.15) is 18.4 Å². The number of rotatable bonds is 5. The molecule has 8 nitrogen and oxygen atoms in total. The Morgan fingerprint density at radius 1 is 1.44 bits per heavy atom. The van der Waals surface area contributed by atoms with E-state index < -0.39 is 12.1 Å². The largest absolute Gasteiger partial charge is 0.492 e. The van der Waals surface area contributed by atoms with Crippen LogP contribution >= 0.6 is 0 Å². The van der Waals surface area contributed by atoms with Crippen LogP contribution in [0.5, 0.6) is 5.75 Å².